The number of aromatic nitrogens is 1. The lowest BCUT2D eigenvalue weighted by Gasteiger charge is -2.17. The highest BCUT2D eigenvalue weighted by Crippen LogP contribution is 2.15. The summed E-state index contributed by atoms with van der Waals surface area (Å²) in [5, 5.41) is 16.2. The molecule has 1 heterocycles. The number of aliphatic hydroxyl groups excluding tert-OH is 1. The van der Waals surface area contributed by atoms with Gasteiger partial charge < -0.3 is 15.7 Å². The molecule has 0 bridgehead atoms. The highest BCUT2D eigenvalue weighted by molar-refractivity contribution is 5.82. The van der Waals surface area contributed by atoms with E-state index in [-0.39, 0.29) is 18.7 Å². The van der Waals surface area contributed by atoms with E-state index < -0.39 is 0 Å². The summed E-state index contributed by atoms with van der Waals surface area (Å²) in [5.41, 5.74) is 2.98. The van der Waals surface area contributed by atoms with Gasteiger partial charge in [-0.15, -0.1) is 0 Å². The number of nitrogens with one attached hydrogen (secondary N) is 2. The Morgan fingerprint density at radius 1 is 1.04 bits per heavy atom. The zero-order valence-corrected chi connectivity index (χ0v) is 13.9. The average molecular weight is 335 g/mol. The molecule has 0 radical (unpaired) electrons. The number of nitrogens with zero attached hydrogens (tertiary/aromatic N) is 1. The van der Waals surface area contributed by atoms with Crippen LogP contribution in [0.4, 0.5) is 4.79 Å². The molecule has 0 aliphatic carbocycles. The Morgan fingerprint density at radius 2 is 1.80 bits per heavy atom. The van der Waals surface area contributed by atoms with E-state index in [0.29, 0.717) is 13.0 Å². The van der Waals surface area contributed by atoms with Gasteiger partial charge in [-0.25, -0.2) is 4.79 Å². The molecule has 0 unspecified atom stereocenters. The summed E-state index contributed by atoms with van der Waals surface area (Å²) in [7, 11) is 0. The quantitative estimate of drug-likeness (QED) is 0.648. The highest BCUT2D eigenvalue weighted by atomic mass is 16.3. The van der Waals surface area contributed by atoms with Crippen molar-refractivity contribution >= 4 is 16.9 Å². The smallest absolute Gasteiger partial charge is 0.315 e. The number of urea groups is 1. The van der Waals surface area contributed by atoms with Crippen molar-refractivity contribution in [1.29, 1.82) is 0 Å². The van der Waals surface area contributed by atoms with Crippen LogP contribution in [0.5, 0.6) is 0 Å². The van der Waals surface area contributed by atoms with E-state index in [1.54, 1.807) is 6.20 Å². The van der Waals surface area contributed by atoms with Crippen LogP contribution in [-0.4, -0.2) is 28.8 Å². The molecule has 0 spiro atoms. The van der Waals surface area contributed by atoms with E-state index >= 15 is 0 Å². The third kappa shape index (κ3) is 4.55. The fourth-order valence-electron chi connectivity index (χ4n) is 2.78. The normalized spacial score (nSPS) is 11.9. The summed E-state index contributed by atoms with van der Waals surface area (Å²) in [6.45, 7) is 0.291. The van der Waals surface area contributed by atoms with Crippen molar-refractivity contribution in [2.24, 2.45) is 0 Å². The molecule has 0 saturated heterocycles. The van der Waals surface area contributed by atoms with Gasteiger partial charge in [0, 0.05) is 18.1 Å². The zero-order chi connectivity index (χ0) is 17.5. The lowest BCUT2D eigenvalue weighted by Crippen LogP contribution is -2.44. The molecule has 2 amide bonds. The molecule has 1 atom stereocenters. The summed E-state index contributed by atoms with van der Waals surface area (Å²) < 4.78 is 0. The number of para-hydroxylation sites is 1. The van der Waals surface area contributed by atoms with Crippen LogP contribution in [-0.2, 0) is 13.0 Å². The van der Waals surface area contributed by atoms with Crippen LogP contribution < -0.4 is 10.6 Å². The van der Waals surface area contributed by atoms with Crippen molar-refractivity contribution in [3.63, 3.8) is 0 Å². The van der Waals surface area contributed by atoms with Gasteiger partial charge in [-0.3, -0.25) is 4.98 Å². The van der Waals surface area contributed by atoms with Crippen molar-refractivity contribution in [3.05, 3.63) is 78.0 Å². The molecule has 25 heavy (non-hydrogen) atoms. The molecule has 3 aromatic rings. The number of pyridine rings is 1. The van der Waals surface area contributed by atoms with E-state index in [2.05, 4.69) is 15.6 Å². The van der Waals surface area contributed by atoms with Crippen LogP contribution in [0.3, 0.4) is 0 Å². The van der Waals surface area contributed by atoms with Crippen molar-refractivity contribution in [3.8, 4) is 0 Å². The summed E-state index contributed by atoms with van der Waals surface area (Å²) in [6, 6.07) is 18.9. The molecule has 2 aromatic carbocycles. The first-order chi connectivity index (χ1) is 12.3. The Hall–Kier alpha value is -2.92. The van der Waals surface area contributed by atoms with E-state index in [9.17, 15) is 9.90 Å². The summed E-state index contributed by atoms with van der Waals surface area (Å²) in [6.07, 6.45) is 2.33. The van der Waals surface area contributed by atoms with Crippen LogP contribution in [0.25, 0.3) is 10.9 Å². The maximum Gasteiger partial charge on any atom is 0.315 e. The summed E-state index contributed by atoms with van der Waals surface area (Å²) in [5.74, 6) is 0. The predicted octanol–water partition coefficient (Wildman–Crippen LogP) is 2.64. The minimum atomic E-state index is -0.323. The number of aliphatic hydroxyl groups is 1. The molecule has 5 nitrogen and oxygen atoms in total. The van der Waals surface area contributed by atoms with Crippen molar-refractivity contribution < 1.29 is 9.90 Å². The van der Waals surface area contributed by atoms with E-state index in [1.807, 2.05) is 60.7 Å². The lowest BCUT2D eigenvalue weighted by molar-refractivity contribution is 0.215. The first-order valence-electron chi connectivity index (χ1n) is 8.28. The van der Waals surface area contributed by atoms with Gasteiger partial charge in [0.25, 0.3) is 0 Å². The number of rotatable bonds is 6. The summed E-state index contributed by atoms with van der Waals surface area (Å²) >= 11 is 0. The minimum absolute atomic E-state index is 0.111. The number of hydrogen-bond acceptors (Lipinski definition) is 3. The zero-order valence-electron chi connectivity index (χ0n) is 13.9. The average Bonchev–Trinajstić information content (AvgIpc) is 2.66. The largest absolute Gasteiger partial charge is 0.394 e. The third-order valence-electron chi connectivity index (χ3n) is 4.06. The van der Waals surface area contributed by atoms with Crippen LogP contribution in [0.15, 0.2) is 66.9 Å². The van der Waals surface area contributed by atoms with E-state index in [4.69, 9.17) is 0 Å². The number of benzene rings is 2. The molecule has 1 aromatic heterocycles. The van der Waals surface area contributed by atoms with Crippen molar-refractivity contribution in [1.82, 2.24) is 15.6 Å². The van der Waals surface area contributed by atoms with Crippen LogP contribution >= 0.6 is 0 Å². The number of hydrogen-bond donors (Lipinski definition) is 3. The molecule has 3 rings (SSSR count). The molecule has 128 valence electrons. The molecular formula is C20H21N3O2. The van der Waals surface area contributed by atoms with Crippen molar-refractivity contribution in [2.75, 3.05) is 6.61 Å². The lowest BCUT2D eigenvalue weighted by atomic mass is 10.1. The molecule has 3 N–H and O–H groups in total. The molecular weight excluding hydrogens is 314 g/mol. The standard InChI is InChI=1S/C20H21N3O2/c24-14-17(12-15-6-2-1-3-7-15)23-20(25)22-13-16-10-11-21-19-9-5-4-8-18(16)19/h1-11,17,24H,12-14H2,(H2,22,23,25)/t17-/m0/s1. The molecule has 5 heteroatoms. The Balaban J connectivity index is 1.58. The number of carbonyl (C=O) groups is 1. The Bertz CT molecular complexity index is 831. The van der Waals surface area contributed by atoms with Gasteiger partial charge in [0.15, 0.2) is 0 Å². The monoisotopic (exact) mass is 335 g/mol. The number of amides is 2. The first kappa shape index (κ1) is 16.9. The van der Waals surface area contributed by atoms with Gasteiger partial charge in [-0.1, -0.05) is 48.5 Å². The molecule has 0 fully saturated rings. The molecule has 0 saturated carbocycles. The van der Waals surface area contributed by atoms with Gasteiger partial charge in [-0.2, -0.15) is 0 Å². The SMILES string of the molecule is O=C(NCc1ccnc2ccccc12)N[C@H](CO)Cc1ccccc1. The van der Waals surface area contributed by atoms with Gasteiger partial charge in [0.2, 0.25) is 0 Å². The van der Waals surface area contributed by atoms with Gasteiger partial charge in [-0.05, 0) is 29.7 Å². The molecule has 0 aliphatic heterocycles. The van der Waals surface area contributed by atoms with Crippen LogP contribution in [0.2, 0.25) is 0 Å². The van der Waals surface area contributed by atoms with E-state index in [1.165, 1.54) is 0 Å². The second-order valence-electron chi connectivity index (χ2n) is 5.88. The second-order valence-corrected chi connectivity index (χ2v) is 5.88. The third-order valence-corrected chi connectivity index (χ3v) is 4.06. The Morgan fingerprint density at radius 3 is 2.60 bits per heavy atom. The Labute approximate surface area is 146 Å². The maximum atomic E-state index is 12.2. The summed E-state index contributed by atoms with van der Waals surface area (Å²) in [4.78, 5) is 16.5. The van der Waals surface area contributed by atoms with Crippen molar-refractivity contribution in [2.45, 2.75) is 19.0 Å². The fourth-order valence-corrected chi connectivity index (χ4v) is 2.78. The van der Waals surface area contributed by atoms with Crippen LogP contribution in [0.1, 0.15) is 11.1 Å². The fraction of sp³-hybridized carbons (Fsp3) is 0.200. The minimum Gasteiger partial charge on any atom is -0.394 e. The highest BCUT2D eigenvalue weighted by Gasteiger charge is 2.12. The Kier molecular flexibility index (Phi) is 5.59. The maximum absolute atomic E-state index is 12.2. The first-order valence-corrected chi connectivity index (χ1v) is 8.28. The predicted molar refractivity (Wildman–Crippen MR) is 98.1 cm³/mol. The second kappa shape index (κ2) is 8.26. The van der Waals surface area contributed by atoms with Gasteiger partial charge in [0.1, 0.15) is 0 Å². The molecule has 0 aliphatic rings. The number of fused-ring (bicyclic) bond motifs is 1. The van der Waals surface area contributed by atoms with Gasteiger partial charge in [0.05, 0.1) is 18.2 Å². The topological polar surface area (TPSA) is 74.2 Å². The van der Waals surface area contributed by atoms with E-state index in [0.717, 1.165) is 22.0 Å². The van der Waals surface area contributed by atoms with Gasteiger partial charge >= 0.3 is 6.03 Å². The number of carbonyl (C=O) groups excluding carboxylic acids is 1. The van der Waals surface area contributed by atoms with Crippen LogP contribution in [0, 0.1) is 0 Å².